The Morgan fingerprint density at radius 2 is 2.03 bits per heavy atom. The van der Waals surface area contributed by atoms with Gasteiger partial charge in [-0.05, 0) is 42.5 Å². The minimum Gasteiger partial charge on any atom is -0.497 e. The maximum absolute atomic E-state index is 13.2. The molecule has 0 spiro atoms. The lowest BCUT2D eigenvalue weighted by Gasteiger charge is -2.26. The highest BCUT2D eigenvalue weighted by molar-refractivity contribution is 7.12. The van der Waals surface area contributed by atoms with E-state index >= 15 is 0 Å². The lowest BCUT2D eigenvalue weighted by molar-refractivity contribution is -0.141. The summed E-state index contributed by atoms with van der Waals surface area (Å²) < 4.78 is 11.0. The summed E-state index contributed by atoms with van der Waals surface area (Å²) in [5, 5.41) is 8.16. The van der Waals surface area contributed by atoms with Crippen molar-refractivity contribution >= 4 is 28.9 Å². The molecule has 0 radical (unpaired) electrons. The van der Waals surface area contributed by atoms with Crippen molar-refractivity contribution in [3.05, 3.63) is 46.2 Å². The van der Waals surface area contributed by atoms with Crippen molar-refractivity contribution < 1.29 is 19.1 Å². The zero-order chi connectivity index (χ0) is 21.3. The largest absolute Gasteiger partial charge is 0.497 e. The third-order valence-electron chi connectivity index (χ3n) is 5.44. The summed E-state index contributed by atoms with van der Waals surface area (Å²) in [6.45, 7) is -0.000657. The molecule has 1 fully saturated rings. The van der Waals surface area contributed by atoms with E-state index in [1.165, 1.54) is 9.91 Å². The van der Waals surface area contributed by atoms with Gasteiger partial charge in [-0.3, -0.25) is 9.59 Å². The van der Waals surface area contributed by atoms with E-state index in [1.807, 2.05) is 35.7 Å². The zero-order valence-corrected chi connectivity index (χ0v) is 18.1. The van der Waals surface area contributed by atoms with Gasteiger partial charge in [0.2, 0.25) is 5.91 Å². The van der Waals surface area contributed by atoms with Gasteiger partial charge < -0.3 is 14.4 Å². The summed E-state index contributed by atoms with van der Waals surface area (Å²) in [5.74, 6) is 1.24. The van der Waals surface area contributed by atoms with Crippen LogP contribution in [-0.4, -0.2) is 55.2 Å². The number of carbonyl (C=O) groups is 2. The van der Waals surface area contributed by atoms with Gasteiger partial charge in [-0.2, -0.15) is 5.10 Å². The second-order valence-electron chi connectivity index (χ2n) is 7.56. The smallest absolute Gasteiger partial charge is 0.262 e. The molecule has 30 heavy (non-hydrogen) atoms. The Morgan fingerprint density at radius 1 is 1.23 bits per heavy atom. The van der Waals surface area contributed by atoms with Crippen LogP contribution < -0.4 is 9.47 Å². The van der Waals surface area contributed by atoms with E-state index in [4.69, 9.17) is 9.47 Å². The summed E-state index contributed by atoms with van der Waals surface area (Å²) in [7, 11) is 4.89. The molecule has 8 heteroatoms. The topological polar surface area (TPSA) is 71.4 Å². The number of ether oxygens (including phenoxy) is 2. The van der Waals surface area contributed by atoms with Gasteiger partial charge >= 0.3 is 0 Å². The van der Waals surface area contributed by atoms with Crippen molar-refractivity contribution in [1.29, 1.82) is 0 Å². The Labute approximate surface area is 179 Å². The van der Waals surface area contributed by atoms with Gasteiger partial charge in [-0.1, -0.05) is 6.07 Å². The van der Waals surface area contributed by atoms with Crippen LogP contribution in [0.5, 0.6) is 11.5 Å². The Balaban J connectivity index is 1.64. The molecule has 0 unspecified atom stereocenters. The molecule has 2 aromatic rings. The van der Waals surface area contributed by atoms with Gasteiger partial charge in [-0.15, -0.1) is 11.3 Å². The Hall–Kier alpha value is -2.87. The zero-order valence-electron chi connectivity index (χ0n) is 17.3. The highest BCUT2D eigenvalue weighted by atomic mass is 32.1. The normalized spacial score (nSPS) is 18.2. The van der Waals surface area contributed by atoms with Crippen LogP contribution in [-0.2, 0) is 9.59 Å². The van der Waals surface area contributed by atoms with Crippen molar-refractivity contribution in [2.45, 2.75) is 25.3 Å². The van der Waals surface area contributed by atoms with Crippen LogP contribution in [0.15, 0.2) is 40.8 Å². The number of amides is 2. The Morgan fingerprint density at radius 3 is 2.67 bits per heavy atom. The fourth-order valence-electron chi connectivity index (χ4n) is 3.67. The molecule has 2 heterocycles. The SMILES string of the molecule is COc1ccc(OC)c([C@H]2CC(c3cccs3)=NN2C(=O)CN(C)C(=O)C2CC2)c1. The standard InChI is InChI=1S/C22H25N3O4S/c1-24(22(27)14-6-7-14)13-21(26)25-18(12-17(23-25)20-5-4-10-30-20)16-11-15(28-2)8-9-19(16)29-3/h4-5,8-11,14,18H,6-7,12-13H2,1-3H3/t18-/m1/s1. The van der Waals surface area contributed by atoms with Crippen molar-refractivity contribution in [2.24, 2.45) is 11.0 Å². The van der Waals surface area contributed by atoms with Crippen LogP contribution in [0.25, 0.3) is 0 Å². The van der Waals surface area contributed by atoms with E-state index in [9.17, 15) is 9.59 Å². The maximum Gasteiger partial charge on any atom is 0.262 e. The predicted molar refractivity (Wildman–Crippen MR) is 115 cm³/mol. The van der Waals surface area contributed by atoms with Crippen LogP contribution in [0.2, 0.25) is 0 Å². The number of thiophene rings is 1. The molecule has 2 aliphatic rings. The number of methoxy groups -OCH3 is 2. The third-order valence-corrected chi connectivity index (χ3v) is 6.36. The van der Waals surface area contributed by atoms with Gasteiger partial charge in [-0.25, -0.2) is 5.01 Å². The number of hydrazone groups is 1. The lowest BCUT2D eigenvalue weighted by atomic mass is 9.99. The minimum atomic E-state index is -0.330. The van der Waals surface area contributed by atoms with E-state index < -0.39 is 0 Å². The fourth-order valence-corrected chi connectivity index (χ4v) is 4.39. The molecular weight excluding hydrogens is 402 g/mol. The second-order valence-corrected chi connectivity index (χ2v) is 8.51. The molecule has 0 N–H and O–H groups in total. The van der Waals surface area contributed by atoms with E-state index in [2.05, 4.69) is 5.10 Å². The van der Waals surface area contributed by atoms with Crippen LogP contribution in [0.3, 0.4) is 0 Å². The van der Waals surface area contributed by atoms with Crippen LogP contribution in [0.4, 0.5) is 0 Å². The Kier molecular flexibility index (Phi) is 5.76. The summed E-state index contributed by atoms with van der Waals surface area (Å²) in [6, 6.07) is 9.19. The summed E-state index contributed by atoms with van der Waals surface area (Å²) in [5.41, 5.74) is 1.68. The molecular formula is C22H25N3O4S. The number of hydrogen-bond acceptors (Lipinski definition) is 6. The number of nitrogens with zero attached hydrogens (tertiary/aromatic N) is 3. The van der Waals surface area contributed by atoms with E-state index in [-0.39, 0.29) is 30.3 Å². The molecule has 158 valence electrons. The first-order chi connectivity index (χ1) is 14.5. The van der Waals surface area contributed by atoms with Gasteiger partial charge in [0.1, 0.15) is 18.0 Å². The number of carbonyl (C=O) groups excluding carboxylic acids is 2. The second kappa shape index (κ2) is 8.47. The number of likely N-dealkylation sites (N-methyl/N-ethyl adjacent to an activating group) is 1. The van der Waals surface area contributed by atoms with Gasteiger partial charge in [0.25, 0.3) is 5.91 Å². The summed E-state index contributed by atoms with van der Waals surface area (Å²) >= 11 is 1.59. The molecule has 1 aliphatic heterocycles. The highest BCUT2D eigenvalue weighted by Gasteiger charge is 2.38. The first-order valence-electron chi connectivity index (χ1n) is 9.92. The number of hydrogen-bond donors (Lipinski definition) is 0. The summed E-state index contributed by atoms with van der Waals surface area (Å²) in [4.78, 5) is 28.1. The van der Waals surface area contributed by atoms with Crippen LogP contribution >= 0.6 is 11.3 Å². The van der Waals surface area contributed by atoms with Crippen molar-refractivity contribution in [3.63, 3.8) is 0 Å². The van der Waals surface area contributed by atoms with E-state index in [0.29, 0.717) is 17.9 Å². The average Bonchev–Trinajstić information content (AvgIpc) is 3.27. The van der Waals surface area contributed by atoms with Crippen molar-refractivity contribution in [2.75, 3.05) is 27.8 Å². The first kappa shape index (κ1) is 20.4. The molecule has 1 aliphatic carbocycles. The van der Waals surface area contributed by atoms with Gasteiger partial charge in [0.05, 0.1) is 30.9 Å². The molecule has 2 amide bonds. The number of benzene rings is 1. The molecule has 0 bridgehead atoms. The van der Waals surface area contributed by atoms with E-state index in [1.54, 1.807) is 32.6 Å². The summed E-state index contributed by atoms with van der Waals surface area (Å²) in [6.07, 6.45) is 2.38. The minimum absolute atomic E-state index is 0.000657. The van der Waals surface area contributed by atoms with Crippen molar-refractivity contribution in [3.8, 4) is 11.5 Å². The van der Waals surface area contributed by atoms with Crippen molar-refractivity contribution in [1.82, 2.24) is 9.91 Å². The highest BCUT2D eigenvalue weighted by Crippen LogP contribution is 2.40. The first-order valence-corrected chi connectivity index (χ1v) is 10.8. The van der Waals surface area contributed by atoms with Crippen LogP contribution in [0.1, 0.15) is 35.7 Å². The molecule has 4 rings (SSSR count). The molecule has 1 atom stereocenters. The number of rotatable bonds is 7. The van der Waals surface area contributed by atoms with Gasteiger partial charge in [0, 0.05) is 24.9 Å². The average molecular weight is 428 g/mol. The fraction of sp³-hybridized carbons (Fsp3) is 0.409. The van der Waals surface area contributed by atoms with Crippen LogP contribution in [0, 0.1) is 5.92 Å². The molecule has 1 aromatic heterocycles. The van der Waals surface area contributed by atoms with E-state index in [0.717, 1.165) is 29.0 Å². The lowest BCUT2D eigenvalue weighted by Crippen LogP contribution is -2.39. The third kappa shape index (κ3) is 4.05. The maximum atomic E-state index is 13.2. The molecule has 1 saturated carbocycles. The monoisotopic (exact) mass is 427 g/mol. The molecule has 0 saturated heterocycles. The molecule has 1 aromatic carbocycles. The van der Waals surface area contributed by atoms with Gasteiger partial charge in [0.15, 0.2) is 0 Å². The molecule has 7 nitrogen and oxygen atoms in total. The Bertz CT molecular complexity index is 969. The predicted octanol–water partition coefficient (Wildman–Crippen LogP) is 3.31. The quantitative estimate of drug-likeness (QED) is 0.680.